The van der Waals surface area contributed by atoms with Gasteiger partial charge in [0.25, 0.3) is 0 Å². The van der Waals surface area contributed by atoms with Crippen molar-refractivity contribution in [3.63, 3.8) is 0 Å². The summed E-state index contributed by atoms with van der Waals surface area (Å²) in [5.74, 6) is 0.940. The first-order valence-electron chi connectivity index (χ1n) is 8.13. The summed E-state index contributed by atoms with van der Waals surface area (Å²) in [5.41, 5.74) is 7.51. The van der Waals surface area contributed by atoms with Crippen LogP contribution in [0.4, 0.5) is 10.6 Å². The van der Waals surface area contributed by atoms with Crippen LogP contribution in [0, 0.1) is 6.92 Å². The minimum absolute atomic E-state index is 0.0134. The van der Waals surface area contributed by atoms with Crippen molar-refractivity contribution in [2.75, 3.05) is 31.1 Å². The van der Waals surface area contributed by atoms with Crippen molar-refractivity contribution in [1.82, 2.24) is 9.88 Å². The quantitative estimate of drug-likeness (QED) is 0.906. The van der Waals surface area contributed by atoms with Gasteiger partial charge in [-0.2, -0.15) is 0 Å². The van der Waals surface area contributed by atoms with Crippen LogP contribution in [0.3, 0.4) is 0 Å². The Labute approximate surface area is 138 Å². The zero-order valence-electron chi connectivity index (χ0n) is 14.8. The third-order valence-corrected chi connectivity index (χ3v) is 3.86. The summed E-state index contributed by atoms with van der Waals surface area (Å²) in [5, 5.41) is 0. The normalized spacial score (nSPS) is 17.1. The summed E-state index contributed by atoms with van der Waals surface area (Å²) in [6, 6.07) is 4.04. The molecule has 1 aliphatic heterocycles. The summed E-state index contributed by atoms with van der Waals surface area (Å²) >= 11 is 0. The lowest BCUT2D eigenvalue weighted by molar-refractivity contribution is 0.0240. The van der Waals surface area contributed by atoms with E-state index in [0.717, 1.165) is 30.2 Å². The van der Waals surface area contributed by atoms with Gasteiger partial charge in [-0.1, -0.05) is 6.07 Å². The number of nitrogens with zero attached hydrogens (tertiary/aromatic N) is 3. The molecule has 1 aliphatic rings. The molecule has 0 bridgehead atoms. The van der Waals surface area contributed by atoms with Gasteiger partial charge in [-0.25, -0.2) is 9.78 Å². The van der Waals surface area contributed by atoms with Gasteiger partial charge in [-0.05, 0) is 46.2 Å². The van der Waals surface area contributed by atoms with E-state index < -0.39 is 5.60 Å². The largest absolute Gasteiger partial charge is 0.444 e. The molecule has 1 atom stereocenters. The van der Waals surface area contributed by atoms with Gasteiger partial charge < -0.3 is 20.3 Å². The van der Waals surface area contributed by atoms with Crippen molar-refractivity contribution in [2.45, 2.75) is 46.3 Å². The first-order chi connectivity index (χ1) is 10.7. The average Bonchev–Trinajstić information content (AvgIpc) is 2.45. The fourth-order valence-electron chi connectivity index (χ4n) is 2.66. The van der Waals surface area contributed by atoms with Crippen LogP contribution in [0.5, 0.6) is 0 Å². The molecule has 1 aromatic heterocycles. The molecule has 2 rings (SSSR count). The standard InChI is InChI=1S/C17H28N4O2/c1-12(18)14-6-7-15(19-13(14)2)20-8-10-21(11-9-20)16(22)23-17(3,4)5/h6-7,12H,8-11,18H2,1-5H3/t12-/m1/s1. The van der Waals surface area contributed by atoms with Crippen LogP contribution in [0.1, 0.15) is 45.0 Å². The molecule has 0 unspecified atom stereocenters. The Bertz CT molecular complexity index is 558. The number of rotatable bonds is 2. The number of pyridine rings is 1. The minimum atomic E-state index is -0.457. The van der Waals surface area contributed by atoms with E-state index in [1.54, 1.807) is 4.90 Å². The van der Waals surface area contributed by atoms with Crippen LogP contribution in [0.25, 0.3) is 0 Å². The molecule has 0 aliphatic carbocycles. The number of carbonyl (C=O) groups excluding carboxylic acids is 1. The van der Waals surface area contributed by atoms with Crippen molar-refractivity contribution >= 4 is 11.9 Å². The molecule has 6 heteroatoms. The molecule has 23 heavy (non-hydrogen) atoms. The maximum absolute atomic E-state index is 12.1. The monoisotopic (exact) mass is 320 g/mol. The fraction of sp³-hybridized carbons (Fsp3) is 0.647. The Hall–Kier alpha value is -1.82. The Morgan fingerprint density at radius 1 is 1.26 bits per heavy atom. The summed E-state index contributed by atoms with van der Waals surface area (Å²) < 4.78 is 5.42. The maximum atomic E-state index is 12.1. The van der Waals surface area contributed by atoms with E-state index in [2.05, 4.69) is 9.88 Å². The maximum Gasteiger partial charge on any atom is 0.410 e. The van der Waals surface area contributed by atoms with Crippen LogP contribution < -0.4 is 10.6 Å². The number of hydrogen-bond donors (Lipinski definition) is 1. The topological polar surface area (TPSA) is 71.7 Å². The van der Waals surface area contributed by atoms with E-state index in [1.807, 2.05) is 46.8 Å². The Morgan fingerprint density at radius 3 is 2.35 bits per heavy atom. The van der Waals surface area contributed by atoms with Crippen molar-refractivity contribution in [3.05, 3.63) is 23.4 Å². The highest BCUT2D eigenvalue weighted by Gasteiger charge is 2.26. The number of ether oxygens (including phenoxy) is 1. The molecule has 0 spiro atoms. The van der Waals surface area contributed by atoms with E-state index >= 15 is 0 Å². The minimum Gasteiger partial charge on any atom is -0.444 e. The second-order valence-corrected chi connectivity index (χ2v) is 7.09. The Balaban J connectivity index is 1.97. The molecular weight excluding hydrogens is 292 g/mol. The Morgan fingerprint density at radius 2 is 1.87 bits per heavy atom. The lowest BCUT2D eigenvalue weighted by Crippen LogP contribution is -2.50. The van der Waals surface area contributed by atoms with Crippen molar-refractivity contribution in [3.8, 4) is 0 Å². The van der Waals surface area contributed by atoms with Gasteiger partial charge in [0, 0.05) is 37.9 Å². The summed E-state index contributed by atoms with van der Waals surface area (Å²) in [4.78, 5) is 20.7. The average molecular weight is 320 g/mol. The number of aryl methyl sites for hydroxylation is 1. The number of nitrogens with two attached hydrogens (primary N) is 1. The molecule has 1 amide bonds. The van der Waals surface area contributed by atoms with E-state index in [-0.39, 0.29) is 12.1 Å². The van der Waals surface area contributed by atoms with E-state index in [1.165, 1.54) is 0 Å². The van der Waals surface area contributed by atoms with Crippen LogP contribution in [0.2, 0.25) is 0 Å². The van der Waals surface area contributed by atoms with E-state index in [4.69, 9.17) is 10.5 Å². The predicted octanol–water partition coefficient (Wildman–Crippen LogP) is 2.47. The summed E-state index contributed by atoms with van der Waals surface area (Å²) in [6.07, 6.45) is -0.242. The smallest absolute Gasteiger partial charge is 0.410 e. The molecule has 2 N–H and O–H groups in total. The molecule has 1 saturated heterocycles. The first kappa shape index (κ1) is 17.5. The van der Waals surface area contributed by atoms with Crippen LogP contribution in [0.15, 0.2) is 12.1 Å². The number of piperazine rings is 1. The Kier molecular flexibility index (Phi) is 5.14. The lowest BCUT2D eigenvalue weighted by Gasteiger charge is -2.36. The van der Waals surface area contributed by atoms with Crippen molar-refractivity contribution in [2.24, 2.45) is 5.73 Å². The van der Waals surface area contributed by atoms with Gasteiger partial charge in [0.1, 0.15) is 11.4 Å². The highest BCUT2D eigenvalue weighted by Crippen LogP contribution is 2.20. The fourth-order valence-corrected chi connectivity index (χ4v) is 2.66. The highest BCUT2D eigenvalue weighted by atomic mass is 16.6. The van der Waals surface area contributed by atoms with Gasteiger partial charge in [0.05, 0.1) is 0 Å². The second kappa shape index (κ2) is 6.74. The zero-order valence-corrected chi connectivity index (χ0v) is 14.8. The van der Waals surface area contributed by atoms with Crippen LogP contribution in [-0.2, 0) is 4.74 Å². The van der Waals surface area contributed by atoms with E-state index in [9.17, 15) is 4.79 Å². The second-order valence-electron chi connectivity index (χ2n) is 7.09. The van der Waals surface area contributed by atoms with Gasteiger partial charge >= 0.3 is 6.09 Å². The number of aromatic nitrogens is 1. The molecular formula is C17H28N4O2. The number of hydrogen-bond acceptors (Lipinski definition) is 5. The van der Waals surface area contributed by atoms with Gasteiger partial charge in [0.2, 0.25) is 0 Å². The summed E-state index contributed by atoms with van der Waals surface area (Å²) in [6.45, 7) is 12.4. The molecule has 0 saturated carbocycles. The number of carbonyl (C=O) groups is 1. The van der Waals surface area contributed by atoms with Gasteiger partial charge in [-0.3, -0.25) is 0 Å². The third kappa shape index (κ3) is 4.58. The highest BCUT2D eigenvalue weighted by molar-refractivity contribution is 5.68. The van der Waals surface area contributed by atoms with Crippen molar-refractivity contribution in [1.29, 1.82) is 0 Å². The number of anilines is 1. The zero-order chi connectivity index (χ0) is 17.2. The molecule has 128 valence electrons. The predicted molar refractivity (Wildman–Crippen MR) is 91.6 cm³/mol. The molecule has 2 heterocycles. The molecule has 1 aromatic rings. The summed E-state index contributed by atoms with van der Waals surface area (Å²) in [7, 11) is 0. The van der Waals surface area contributed by atoms with Crippen LogP contribution >= 0.6 is 0 Å². The van der Waals surface area contributed by atoms with Gasteiger partial charge in [0.15, 0.2) is 0 Å². The third-order valence-electron chi connectivity index (χ3n) is 3.86. The van der Waals surface area contributed by atoms with E-state index in [0.29, 0.717) is 13.1 Å². The van der Waals surface area contributed by atoms with Crippen molar-refractivity contribution < 1.29 is 9.53 Å². The van der Waals surface area contributed by atoms with Gasteiger partial charge in [-0.15, -0.1) is 0 Å². The molecule has 0 aromatic carbocycles. The molecule has 0 radical (unpaired) electrons. The van der Waals surface area contributed by atoms with Crippen LogP contribution in [-0.4, -0.2) is 47.8 Å². The number of amides is 1. The SMILES string of the molecule is Cc1nc(N2CCN(C(=O)OC(C)(C)C)CC2)ccc1[C@@H](C)N. The lowest BCUT2D eigenvalue weighted by atomic mass is 10.1. The molecule has 6 nitrogen and oxygen atoms in total. The molecule has 1 fully saturated rings. The first-order valence-corrected chi connectivity index (χ1v) is 8.13.